The van der Waals surface area contributed by atoms with E-state index in [1.54, 1.807) is 24.3 Å². The normalized spacial score (nSPS) is 20.8. The number of carboxylic acid groups (broad SMARTS) is 1. The molecule has 1 aliphatic carbocycles. The first-order valence-corrected chi connectivity index (χ1v) is 11.4. The van der Waals surface area contributed by atoms with Crippen molar-refractivity contribution in [3.63, 3.8) is 0 Å². The molecule has 2 aliphatic heterocycles. The fraction of sp³-hybridized carbons (Fsp3) is 0.259. The van der Waals surface area contributed by atoms with Crippen LogP contribution in [0, 0.1) is 5.82 Å². The first kappa shape index (κ1) is 20.7. The summed E-state index contributed by atoms with van der Waals surface area (Å²) < 4.78 is 13.4. The van der Waals surface area contributed by atoms with E-state index in [1.165, 1.54) is 24.3 Å². The number of hydrogen-bond acceptors (Lipinski definition) is 4. The molecule has 1 unspecified atom stereocenters. The standard InChI is InChI=1S/C27H21FN2O4/c28-18-9-7-14(8-10-18)17-12-19-23(21(31)13-17)22(15-3-5-16(6-4-15)27(33)34)24-25(29-19)20-2-1-11-30(20)26(24)32/h3-10,17,20H,1-2,11-13H2,(H,33,34)/t17?,20-/m0/s1. The Morgan fingerprint density at radius 1 is 0.971 bits per heavy atom. The lowest BCUT2D eigenvalue weighted by atomic mass is 9.77. The van der Waals surface area contributed by atoms with E-state index in [4.69, 9.17) is 4.98 Å². The summed E-state index contributed by atoms with van der Waals surface area (Å²) in [6.07, 6.45) is 2.49. The zero-order chi connectivity index (χ0) is 23.6. The van der Waals surface area contributed by atoms with Crippen molar-refractivity contribution in [1.29, 1.82) is 0 Å². The zero-order valence-corrected chi connectivity index (χ0v) is 18.3. The highest BCUT2D eigenvalue weighted by Crippen LogP contribution is 2.47. The van der Waals surface area contributed by atoms with Crippen LogP contribution in [0.25, 0.3) is 11.1 Å². The Kier molecular flexibility index (Phi) is 4.62. The van der Waals surface area contributed by atoms with Crippen LogP contribution >= 0.6 is 0 Å². The molecule has 0 spiro atoms. The van der Waals surface area contributed by atoms with E-state index in [1.807, 2.05) is 4.90 Å². The van der Waals surface area contributed by atoms with Gasteiger partial charge in [-0.15, -0.1) is 0 Å². The van der Waals surface area contributed by atoms with Crippen molar-refractivity contribution in [2.24, 2.45) is 0 Å². The smallest absolute Gasteiger partial charge is 0.335 e. The number of fused-ring (bicyclic) bond motifs is 4. The van der Waals surface area contributed by atoms with Crippen molar-refractivity contribution in [3.05, 3.63) is 88.0 Å². The fourth-order valence-electron chi connectivity index (χ4n) is 5.67. The number of carboxylic acids is 1. The predicted octanol–water partition coefficient (Wildman–Crippen LogP) is 4.79. The summed E-state index contributed by atoms with van der Waals surface area (Å²) in [5, 5.41) is 9.29. The second-order valence-corrected chi connectivity index (χ2v) is 9.19. The maximum Gasteiger partial charge on any atom is 0.335 e. The zero-order valence-electron chi connectivity index (χ0n) is 18.3. The second-order valence-electron chi connectivity index (χ2n) is 9.19. The molecule has 170 valence electrons. The number of Topliss-reactive ketones (excluding diaryl/α,β-unsaturated/α-hetero) is 1. The van der Waals surface area contributed by atoms with Crippen LogP contribution in [0.3, 0.4) is 0 Å². The van der Waals surface area contributed by atoms with Gasteiger partial charge in [0, 0.05) is 24.1 Å². The number of amides is 1. The van der Waals surface area contributed by atoms with E-state index >= 15 is 0 Å². The lowest BCUT2D eigenvalue weighted by Crippen LogP contribution is -2.24. The van der Waals surface area contributed by atoms with E-state index in [9.17, 15) is 23.9 Å². The number of carbonyl (C=O) groups is 3. The SMILES string of the molecule is O=C(O)c1ccc(-c2c3c(nc4c2C(=O)N2CCC[C@@H]42)CC(c2ccc(F)cc2)CC3=O)cc1. The average Bonchev–Trinajstić information content (AvgIpc) is 3.41. The summed E-state index contributed by atoms with van der Waals surface area (Å²) in [5.41, 5.74) is 4.53. The number of carbonyl (C=O) groups excluding carboxylic acids is 2. The maximum atomic E-state index is 13.5. The predicted molar refractivity (Wildman–Crippen MR) is 121 cm³/mol. The lowest BCUT2D eigenvalue weighted by Gasteiger charge is -2.27. The molecule has 0 radical (unpaired) electrons. The first-order chi connectivity index (χ1) is 16.4. The molecule has 1 N–H and O–H groups in total. The molecule has 2 atom stereocenters. The van der Waals surface area contributed by atoms with Gasteiger partial charge in [-0.05, 0) is 60.6 Å². The number of ketones is 1. The largest absolute Gasteiger partial charge is 0.478 e. The van der Waals surface area contributed by atoms with Gasteiger partial charge in [0.1, 0.15) is 5.82 Å². The number of benzene rings is 2. The van der Waals surface area contributed by atoms with Crippen LogP contribution in [0.15, 0.2) is 48.5 Å². The highest BCUT2D eigenvalue weighted by molar-refractivity contribution is 6.13. The quantitative estimate of drug-likeness (QED) is 0.612. The van der Waals surface area contributed by atoms with Crippen molar-refractivity contribution in [2.45, 2.75) is 37.6 Å². The number of hydrogen-bond donors (Lipinski definition) is 1. The molecule has 7 heteroatoms. The van der Waals surface area contributed by atoms with Gasteiger partial charge in [0.15, 0.2) is 5.78 Å². The van der Waals surface area contributed by atoms with Crippen molar-refractivity contribution >= 4 is 17.7 Å². The van der Waals surface area contributed by atoms with Crippen LogP contribution < -0.4 is 0 Å². The third kappa shape index (κ3) is 3.07. The average molecular weight is 456 g/mol. The monoisotopic (exact) mass is 456 g/mol. The van der Waals surface area contributed by atoms with Crippen molar-refractivity contribution in [2.75, 3.05) is 6.54 Å². The van der Waals surface area contributed by atoms with Crippen LogP contribution in [0.2, 0.25) is 0 Å². The molecule has 34 heavy (non-hydrogen) atoms. The first-order valence-electron chi connectivity index (χ1n) is 11.4. The number of rotatable bonds is 3. The van der Waals surface area contributed by atoms with E-state index in [0.717, 1.165) is 18.4 Å². The van der Waals surface area contributed by atoms with Gasteiger partial charge < -0.3 is 10.0 Å². The molecule has 3 aromatic rings. The molecule has 3 aliphatic rings. The van der Waals surface area contributed by atoms with Gasteiger partial charge in [-0.3, -0.25) is 14.6 Å². The van der Waals surface area contributed by atoms with Crippen molar-refractivity contribution in [3.8, 4) is 11.1 Å². The Morgan fingerprint density at radius 2 is 1.71 bits per heavy atom. The Morgan fingerprint density at radius 3 is 2.41 bits per heavy atom. The summed E-state index contributed by atoms with van der Waals surface area (Å²) in [4.78, 5) is 45.0. The molecular weight excluding hydrogens is 435 g/mol. The number of halogens is 1. The lowest BCUT2D eigenvalue weighted by molar-refractivity contribution is 0.0695. The minimum atomic E-state index is -1.04. The molecule has 6 nitrogen and oxygen atoms in total. The fourth-order valence-corrected chi connectivity index (χ4v) is 5.67. The molecule has 1 aromatic heterocycles. The van der Waals surface area contributed by atoms with Crippen molar-refractivity contribution < 1.29 is 23.9 Å². The van der Waals surface area contributed by atoms with Gasteiger partial charge in [-0.25, -0.2) is 9.18 Å². The molecule has 1 fully saturated rings. The summed E-state index contributed by atoms with van der Waals surface area (Å²) in [6.45, 7) is 0.661. The van der Waals surface area contributed by atoms with Gasteiger partial charge >= 0.3 is 5.97 Å². The molecule has 0 saturated carbocycles. The van der Waals surface area contributed by atoms with Gasteiger partial charge in [0.25, 0.3) is 5.91 Å². The minimum Gasteiger partial charge on any atom is -0.478 e. The van der Waals surface area contributed by atoms with Gasteiger partial charge in [-0.1, -0.05) is 24.3 Å². The second kappa shape index (κ2) is 7.58. The molecule has 1 amide bonds. The van der Waals surface area contributed by atoms with Gasteiger partial charge in [0.05, 0.1) is 28.6 Å². The Hall–Kier alpha value is -3.87. The molecular formula is C27H21FN2O4. The number of aromatic carboxylic acids is 1. The van der Waals surface area contributed by atoms with Crippen LogP contribution in [-0.2, 0) is 6.42 Å². The van der Waals surface area contributed by atoms with Gasteiger partial charge in [0.2, 0.25) is 0 Å². The third-order valence-electron chi connectivity index (χ3n) is 7.26. The number of pyridine rings is 1. The topological polar surface area (TPSA) is 87.6 Å². The van der Waals surface area contributed by atoms with E-state index in [-0.39, 0.29) is 41.5 Å². The molecule has 2 aromatic carbocycles. The third-order valence-corrected chi connectivity index (χ3v) is 7.26. The summed E-state index contributed by atoms with van der Waals surface area (Å²) in [6, 6.07) is 12.4. The number of aromatic nitrogens is 1. The van der Waals surface area contributed by atoms with Crippen molar-refractivity contribution in [1.82, 2.24) is 9.88 Å². The van der Waals surface area contributed by atoms with Gasteiger partial charge in [-0.2, -0.15) is 0 Å². The van der Waals surface area contributed by atoms with Crippen LogP contribution in [0.1, 0.15) is 79.2 Å². The Bertz CT molecular complexity index is 1360. The summed E-state index contributed by atoms with van der Waals surface area (Å²) in [7, 11) is 0. The number of nitrogens with zero attached hydrogens (tertiary/aromatic N) is 2. The van der Waals surface area contributed by atoms with E-state index in [0.29, 0.717) is 46.6 Å². The van der Waals surface area contributed by atoms with E-state index < -0.39 is 5.97 Å². The molecule has 1 saturated heterocycles. The molecule has 6 rings (SSSR count). The Labute approximate surface area is 195 Å². The molecule has 0 bridgehead atoms. The van der Waals surface area contributed by atoms with E-state index in [2.05, 4.69) is 0 Å². The highest BCUT2D eigenvalue weighted by atomic mass is 19.1. The van der Waals surface area contributed by atoms with Crippen LogP contribution in [0.5, 0.6) is 0 Å². The van der Waals surface area contributed by atoms with Crippen LogP contribution in [-0.4, -0.2) is 39.2 Å². The summed E-state index contributed by atoms with van der Waals surface area (Å²) >= 11 is 0. The molecule has 3 heterocycles. The highest BCUT2D eigenvalue weighted by Gasteiger charge is 2.45. The summed E-state index contributed by atoms with van der Waals surface area (Å²) in [5.74, 6) is -1.70. The maximum absolute atomic E-state index is 13.5. The minimum absolute atomic E-state index is 0.0915. The Balaban J connectivity index is 1.54. The van der Waals surface area contributed by atoms with Crippen LogP contribution in [0.4, 0.5) is 4.39 Å².